The normalized spacial score (nSPS) is 18.1. The Morgan fingerprint density at radius 3 is 0.988 bits per heavy atom. The summed E-state index contributed by atoms with van der Waals surface area (Å²) in [6.45, 7) is 34.0. The zero-order valence-electron chi connectivity index (χ0n) is 52.5. The molecule has 0 radical (unpaired) electrons. The first kappa shape index (κ1) is 69.3. The molecule has 9 rings (SSSR count). The molecule has 3 aromatic carbocycles. The van der Waals surface area contributed by atoms with Gasteiger partial charge in [-0.25, -0.2) is 41.3 Å². The highest BCUT2D eigenvalue weighted by Gasteiger charge is 2.31. The number of rotatable bonds is 6. The van der Waals surface area contributed by atoms with Gasteiger partial charge in [-0.1, -0.05) is 157 Å². The first-order chi connectivity index (χ1) is 40.9. The largest absolute Gasteiger partial charge is 0.352 e. The monoisotopic (exact) mass is 1270 g/mol. The predicted molar refractivity (Wildman–Crippen MR) is 368 cm³/mol. The van der Waals surface area contributed by atoms with Crippen molar-refractivity contribution in [3.05, 3.63) is 160 Å². The summed E-state index contributed by atoms with van der Waals surface area (Å²) in [4.78, 5) is 41.3. The molecule has 21 heteroatoms. The number of benzene rings is 3. The van der Waals surface area contributed by atoms with Crippen LogP contribution in [-0.4, -0.2) is 146 Å². The van der Waals surface area contributed by atoms with Gasteiger partial charge in [-0.15, -0.1) is 0 Å². The molecule has 0 amide bonds. The number of aliphatic imine (C=N–C) groups is 3. The van der Waals surface area contributed by atoms with Gasteiger partial charge >= 0.3 is 0 Å². The van der Waals surface area contributed by atoms with Crippen LogP contribution in [0.4, 0.5) is 34.5 Å². The molecule has 86 heavy (non-hydrogen) atoms. The summed E-state index contributed by atoms with van der Waals surface area (Å²) >= 11 is 22.4. The number of hydrogen-bond donors (Lipinski definition) is 4. The molecule has 3 aromatic heterocycles. The number of nitrogens with zero attached hydrogens (tertiary/aromatic N) is 12. The zero-order valence-corrected chi connectivity index (χ0v) is 56.4. The van der Waals surface area contributed by atoms with E-state index in [1.54, 1.807) is 42.1 Å². The lowest BCUT2D eigenvalue weighted by atomic mass is 9.87. The molecule has 16 nitrogen and oxygen atoms in total. The second-order valence-corrected chi connectivity index (χ2v) is 27.3. The van der Waals surface area contributed by atoms with Crippen molar-refractivity contribution in [1.29, 1.82) is 0 Å². The summed E-state index contributed by atoms with van der Waals surface area (Å²) in [5, 5.41) is 20.4. The molecule has 3 atom stereocenters. The van der Waals surface area contributed by atoms with E-state index in [-0.39, 0.29) is 22.3 Å². The molecular weight excluding hydrogens is 1180 g/mol. The lowest BCUT2D eigenvalue weighted by Crippen LogP contribution is -2.57. The molecule has 0 unspecified atom stereocenters. The third-order valence-corrected chi connectivity index (χ3v) is 17.4. The van der Waals surface area contributed by atoms with E-state index in [2.05, 4.69) is 217 Å². The predicted octanol–water partition coefficient (Wildman–Crippen LogP) is 14.7. The second-order valence-electron chi connectivity index (χ2n) is 24.5. The Kier molecular flexibility index (Phi) is 25.7. The fourth-order valence-electron chi connectivity index (χ4n) is 10.2. The number of halogens is 3. The molecular formula is C65H89Cl3N14O2S2. The second kappa shape index (κ2) is 31.9. The average Bonchev–Trinajstić information content (AvgIpc) is 2.61. The smallest absolute Gasteiger partial charge is 0.223 e. The highest BCUT2D eigenvalue weighted by molar-refractivity contribution is 8.13. The molecule has 0 saturated carbocycles. The van der Waals surface area contributed by atoms with E-state index < -0.39 is 0 Å². The van der Waals surface area contributed by atoms with Crippen molar-refractivity contribution in [3.8, 4) is 0 Å². The van der Waals surface area contributed by atoms with E-state index in [0.717, 1.165) is 97.2 Å². The molecule has 3 saturated heterocycles. The van der Waals surface area contributed by atoms with Crippen molar-refractivity contribution in [3.63, 3.8) is 0 Å². The van der Waals surface area contributed by atoms with Gasteiger partial charge in [0.05, 0.1) is 32.1 Å². The molecule has 464 valence electrons. The van der Waals surface area contributed by atoms with Crippen LogP contribution in [0.25, 0.3) is 0 Å². The van der Waals surface area contributed by atoms with Crippen LogP contribution in [0.15, 0.2) is 143 Å². The molecule has 3 aliphatic heterocycles. The van der Waals surface area contributed by atoms with E-state index >= 15 is 0 Å². The van der Waals surface area contributed by atoms with Crippen molar-refractivity contribution in [1.82, 2.24) is 35.1 Å². The number of guanidine groups is 1. The van der Waals surface area contributed by atoms with Gasteiger partial charge in [-0.3, -0.25) is 5.21 Å². The van der Waals surface area contributed by atoms with Crippen molar-refractivity contribution < 1.29 is 10.4 Å². The van der Waals surface area contributed by atoms with Crippen LogP contribution in [0.2, 0.25) is 15.1 Å². The van der Waals surface area contributed by atoms with Gasteiger partial charge < -0.3 is 34.6 Å². The van der Waals surface area contributed by atoms with Gasteiger partial charge in [0, 0.05) is 95.6 Å². The molecule has 0 spiro atoms. The molecule has 3 fully saturated rings. The first-order valence-corrected chi connectivity index (χ1v) is 32.6. The van der Waals surface area contributed by atoms with Gasteiger partial charge in [0.15, 0.2) is 10.3 Å². The Bertz CT molecular complexity index is 2840. The lowest BCUT2D eigenvalue weighted by Gasteiger charge is -2.41. The van der Waals surface area contributed by atoms with Crippen LogP contribution < -0.4 is 26.1 Å². The molecule has 0 bridgehead atoms. The summed E-state index contributed by atoms with van der Waals surface area (Å²) in [5.74, 6) is 6.49. The Morgan fingerprint density at radius 2 is 0.744 bits per heavy atom. The number of aromatic nitrogens is 3. The number of amidine groups is 2. The highest BCUT2D eigenvalue weighted by atomic mass is 35.5. The minimum atomic E-state index is 0.0951. The Labute approximate surface area is 535 Å². The van der Waals surface area contributed by atoms with E-state index in [4.69, 9.17) is 50.0 Å². The van der Waals surface area contributed by atoms with Crippen LogP contribution >= 0.6 is 58.3 Å². The lowest BCUT2D eigenvalue weighted by molar-refractivity contribution is 0.192. The maximum Gasteiger partial charge on any atom is 0.223 e. The highest BCUT2D eigenvalue weighted by Crippen LogP contribution is 2.32. The summed E-state index contributed by atoms with van der Waals surface area (Å²) < 4.78 is 0. The van der Waals surface area contributed by atoms with Crippen molar-refractivity contribution in [2.24, 2.45) is 20.9 Å². The maximum absolute atomic E-state index is 9.70. The minimum Gasteiger partial charge on any atom is -0.352 e. The van der Waals surface area contributed by atoms with Gasteiger partial charge in [-0.2, -0.15) is 0 Å². The number of nitrogens with one attached hydrogen (secondary N) is 1. The number of hydrogen-bond acceptors (Lipinski definition) is 14. The van der Waals surface area contributed by atoms with Gasteiger partial charge in [0.2, 0.25) is 5.96 Å². The van der Waals surface area contributed by atoms with Crippen LogP contribution in [0.5, 0.6) is 0 Å². The number of thioether (sulfide) groups is 2. The number of piperazine rings is 3. The number of hydroxylamine groups is 1. The van der Waals surface area contributed by atoms with E-state index in [1.807, 2.05) is 48.5 Å². The van der Waals surface area contributed by atoms with Crippen LogP contribution in [-0.2, 0) is 16.2 Å². The molecule has 3 aliphatic rings. The first-order valence-electron chi connectivity index (χ1n) is 29.1. The number of nitrogens with two attached hydrogens (primary N) is 1. The third kappa shape index (κ3) is 19.1. The SMILES string of the molecule is CSC(=Nc1ccc(C(C)(C)C)cc1)N1CCN(c2ncccc2Cl)C[C@H]1C.CSC(=Nc1ccc(C(C)(C)C)cc1)N1CCN(c2ncccc2Cl)C[C@H]1C.C[C@@H]1CN(c2ncccc2Cl)CCN1C(=Nc1ccc(C(C)(C)C)cc1)NO.NO. The van der Waals surface area contributed by atoms with Gasteiger partial charge in [0.1, 0.15) is 17.5 Å². The minimum absolute atomic E-state index is 0.0951. The van der Waals surface area contributed by atoms with Crippen LogP contribution in [0.1, 0.15) is 99.8 Å². The van der Waals surface area contributed by atoms with Crippen molar-refractivity contribution >= 4 is 109 Å². The molecule has 0 aliphatic carbocycles. The van der Waals surface area contributed by atoms with Crippen LogP contribution in [0, 0.1) is 0 Å². The topological polar surface area (TPSA) is 174 Å². The summed E-state index contributed by atoms with van der Waals surface area (Å²) in [7, 11) is 0. The maximum atomic E-state index is 9.70. The number of pyridine rings is 3. The van der Waals surface area contributed by atoms with Crippen molar-refractivity contribution in [2.75, 3.05) is 86.1 Å². The third-order valence-electron chi connectivity index (χ3n) is 15.1. The summed E-state index contributed by atoms with van der Waals surface area (Å²) in [6, 6.07) is 37.3. The van der Waals surface area contributed by atoms with E-state index in [1.165, 1.54) is 16.7 Å². The zero-order chi connectivity index (χ0) is 62.9. The quantitative estimate of drug-likeness (QED) is 0.0704. The fourth-order valence-corrected chi connectivity index (χ4v) is 12.3. The van der Waals surface area contributed by atoms with E-state index in [0.29, 0.717) is 39.7 Å². The Balaban J connectivity index is 0.000000203. The summed E-state index contributed by atoms with van der Waals surface area (Å²) in [5.41, 5.74) is 9.38. The standard InChI is InChI=1S/2C22H29ClN4S.C21H28ClN5O.H3NO/c2*1-16-15-26(20-19(23)7-6-12-24-20)13-14-27(16)21(28-5)25-18-10-8-17(9-11-18)22(2,3)4;1-15-14-26(19-18(22)6-5-11-23-19)12-13-27(15)20(25-28)24-17-9-7-16(8-10-17)21(2,3)4;1-2/h2*6-12,16H,13-15H2,1-5H3;5-11,15,28H,12-14H2,1-4H3,(H,24,25);2H,1H2/t2*16-;15-;/m111./s1. The Hall–Kier alpha value is -5.83. The average molecular weight is 1270 g/mol. The van der Waals surface area contributed by atoms with Gasteiger partial charge in [0.25, 0.3) is 0 Å². The van der Waals surface area contributed by atoms with Gasteiger partial charge in [-0.05, 0) is 139 Å². The molecule has 6 aromatic rings. The fraction of sp³-hybridized carbons (Fsp3) is 0.446. The number of anilines is 3. The van der Waals surface area contributed by atoms with E-state index in [9.17, 15) is 5.21 Å². The molecule has 5 N–H and O–H groups in total. The summed E-state index contributed by atoms with van der Waals surface area (Å²) in [6.07, 6.45) is 9.54. The van der Waals surface area contributed by atoms with Crippen LogP contribution in [0.3, 0.4) is 0 Å². The Morgan fingerprint density at radius 1 is 0.465 bits per heavy atom. The van der Waals surface area contributed by atoms with Crippen molar-refractivity contribution in [2.45, 2.75) is 117 Å². The molecule has 6 heterocycles.